The van der Waals surface area contributed by atoms with Gasteiger partial charge in [0.25, 0.3) is 0 Å². The van der Waals surface area contributed by atoms with E-state index in [4.69, 9.17) is 5.26 Å². The van der Waals surface area contributed by atoms with Crippen LogP contribution in [0.3, 0.4) is 0 Å². The highest BCUT2D eigenvalue weighted by atomic mass is 14.9. The zero-order chi connectivity index (χ0) is 9.42. The second-order valence-electron chi connectivity index (χ2n) is 3.29. The highest BCUT2D eigenvalue weighted by Gasteiger charge is 2.04. The lowest BCUT2D eigenvalue weighted by atomic mass is 10.2. The Hall–Kier alpha value is -1.75. The van der Waals surface area contributed by atoms with Crippen molar-refractivity contribution in [2.24, 2.45) is 0 Å². The van der Waals surface area contributed by atoms with E-state index in [0.29, 0.717) is 0 Å². The van der Waals surface area contributed by atoms with Crippen LogP contribution < -0.4 is 0 Å². The Morgan fingerprint density at radius 2 is 2.08 bits per heavy atom. The predicted octanol–water partition coefficient (Wildman–Crippen LogP) is 2.43. The predicted molar refractivity (Wildman–Crippen MR) is 51.6 cm³/mol. The minimum absolute atomic E-state index is 0.731. The van der Waals surface area contributed by atoms with Gasteiger partial charge in [-0.2, -0.15) is 5.26 Å². The van der Waals surface area contributed by atoms with Gasteiger partial charge in [-0.1, -0.05) is 0 Å². The molecule has 2 heterocycles. The number of pyridine rings is 1. The van der Waals surface area contributed by atoms with Gasteiger partial charge in [-0.25, -0.2) is 0 Å². The average Bonchev–Trinajstić information content (AvgIpc) is 2.39. The van der Waals surface area contributed by atoms with Gasteiger partial charge in [0.15, 0.2) is 0 Å². The van der Waals surface area contributed by atoms with E-state index >= 15 is 0 Å². The van der Waals surface area contributed by atoms with Crippen molar-refractivity contribution in [2.75, 3.05) is 0 Å². The highest BCUT2D eigenvalue weighted by molar-refractivity contribution is 5.57. The summed E-state index contributed by atoms with van der Waals surface area (Å²) in [5.41, 5.74) is 4.08. The van der Waals surface area contributed by atoms with E-state index in [1.165, 1.54) is 5.56 Å². The van der Waals surface area contributed by atoms with E-state index in [0.717, 1.165) is 16.8 Å². The fraction of sp³-hybridized carbons (Fsp3) is 0.182. The molecule has 0 unspecified atom stereocenters. The van der Waals surface area contributed by atoms with Crippen molar-refractivity contribution in [3.05, 3.63) is 41.2 Å². The Morgan fingerprint density at radius 1 is 1.31 bits per heavy atom. The maximum absolute atomic E-state index is 8.90. The Kier molecular flexibility index (Phi) is 1.60. The third-order valence-corrected chi connectivity index (χ3v) is 2.22. The second-order valence-corrected chi connectivity index (χ2v) is 3.29. The van der Waals surface area contributed by atoms with Crippen LogP contribution in [-0.2, 0) is 0 Å². The number of hydrogen-bond donors (Lipinski definition) is 0. The van der Waals surface area contributed by atoms with Gasteiger partial charge in [-0.05, 0) is 43.2 Å². The third kappa shape index (κ3) is 1.09. The third-order valence-electron chi connectivity index (χ3n) is 2.22. The molecule has 2 heteroatoms. The molecule has 0 aliphatic heterocycles. The number of nitrogens with zero attached hydrogens (tertiary/aromatic N) is 2. The first-order valence-corrected chi connectivity index (χ1v) is 4.21. The van der Waals surface area contributed by atoms with Gasteiger partial charge in [0.05, 0.1) is 0 Å². The monoisotopic (exact) mass is 170 g/mol. The first-order valence-electron chi connectivity index (χ1n) is 4.21. The van der Waals surface area contributed by atoms with Crippen LogP contribution in [0.15, 0.2) is 24.4 Å². The van der Waals surface area contributed by atoms with E-state index in [1.807, 2.05) is 36.6 Å². The fourth-order valence-electron chi connectivity index (χ4n) is 1.57. The maximum atomic E-state index is 8.90. The van der Waals surface area contributed by atoms with E-state index < -0.39 is 0 Å². The van der Waals surface area contributed by atoms with Crippen molar-refractivity contribution in [3.63, 3.8) is 0 Å². The molecular weight excluding hydrogens is 160 g/mol. The summed E-state index contributed by atoms with van der Waals surface area (Å²) in [4.78, 5) is 0. The van der Waals surface area contributed by atoms with E-state index in [1.54, 1.807) is 0 Å². The van der Waals surface area contributed by atoms with Crippen LogP contribution in [0.5, 0.6) is 0 Å². The summed E-state index contributed by atoms with van der Waals surface area (Å²) in [6, 6.07) is 8.32. The van der Waals surface area contributed by atoms with Gasteiger partial charge in [0, 0.05) is 11.7 Å². The normalized spacial score (nSPS) is 10.2. The minimum atomic E-state index is 0.731. The van der Waals surface area contributed by atoms with Crippen LogP contribution >= 0.6 is 0 Å². The molecule has 0 aromatic carbocycles. The molecular formula is C11H10N2. The second kappa shape index (κ2) is 2.63. The molecule has 0 spiro atoms. The fourth-order valence-corrected chi connectivity index (χ4v) is 1.57. The molecule has 0 amide bonds. The number of hydrogen-bond acceptors (Lipinski definition) is 1. The van der Waals surface area contributed by atoms with Crippen LogP contribution in [0.4, 0.5) is 0 Å². The first kappa shape index (κ1) is 7.88. The summed E-state index contributed by atoms with van der Waals surface area (Å²) in [7, 11) is 0. The van der Waals surface area contributed by atoms with E-state index in [9.17, 15) is 0 Å². The highest BCUT2D eigenvalue weighted by Crippen LogP contribution is 2.15. The van der Waals surface area contributed by atoms with Crippen LogP contribution in [0.1, 0.15) is 16.8 Å². The Labute approximate surface area is 77.0 Å². The number of nitriles is 1. The van der Waals surface area contributed by atoms with Crippen molar-refractivity contribution in [2.45, 2.75) is 13.8 Å². The van der Waals surface area contributed by atoms with Gasteiger partial charge in [-0.15, -0.1) is 0 Å². The molecule has 2 aromatic heterocycles. The molecule has 0 saturated heterocycles. The van der Waals surface area contributed by atoms with Crippen LogP contribution in [0, 0.1) is 25.2 Å². The zero-order valence-electron chi connectivity index (χ0n) is 7.70. The lowest BCUT2D eigenvalue weighted by molar-refractivity contribution is 1.14. The van der Waals surface area contributed by atoms with Crippen molar-refractivity contribution < 1.29 is 0 Å². The molecule has 2 aromatic rings. The maximum Gasteiger partial charge on any atom is 0.127 e. The molecule has 0 saturated carbocycles. The van der Waals surface area contributed by atoms with Crippen molar-refractivity contribution in [3.8, 4) is 6.07 Å². The first-order chi connectivity index (χ1) is 6.22. The van der Waals surface area contributed by atoms with Crippen LogP contribution in [0.25, 0.3) is 5.52 Å². The molecule has 2 nitrogen and oxygen atoms in total. The molecule has 0 N–H and O–H groups in total. The Morgan fingerprint density at radius 3 is 2.77 bits per heavy atom. The summed E-state index contributed by atoms with van der Waals surface area (Å²) in [5, 5.41) is 8.90. The van der Waals surface area contributed by atoms with Crippen molar-refractivity contribution >= 4 is 5.52 Å². The largest absolute Gasteiger partial charge is 0.308 e. The smallest absolute Gasteiger partial charge is 0.127 e. The lowest BCUT2D eigenvalue weighted by Crippen LogP contribution is -1.88. The topological polar surface area (TPSA) is 28.2 Å². The summed E-state index contributed by atoms with van der Waals surface area (Å²) >= 11 is 0. The molecule has 0 bridgehead atoms. The minimum Gasteiger partial charge on any atom is -0.308 e. The summed E-state index contributed by atoms with van der Waals surface area (Å²) in [5.74, 6) is 0. The number of aromatic nitrogens is 1. The molecule has 64 valence electrons. The quantitative estimate of drug-likeness (QED) is 0.596. The number of fused-ring (bicyclic) bond motifs is 1. The molecule has 0 aliphatic rings. The Balaban J connectivity index is 2.88. The standard InChI is InChI=1S/C11H10N2/c1-8-3-4-13-10(5-8)6-9(2)11(13)7-12/h3-6H,1-2H3. The number of rotatable bonds is 0. The average molecular weight is 170 g/mol. The van der Waals surface area contributed by atoms with Crippen LogP contribution in [-0.4, -0.2) is 4.40 Å². The molecule has 0 aliphatic carbocycles. The van der Waals surface area contributed by atoms with Crippen LogP contribution in [0.2, 0.25) is 0 Å². The molecule has 2 rings (SSSR count). The van der Waals surface area contributed by atoms with Gasteiger partial charge in [-0.3, -0.25) is 0 Å². The van der Waals surface area contributed by atoms with E-state index in [2.05, 4.69) is 12.1 Å². The summed E-state index contributed by atoms with van der Waals surface area (Å²) < 4.78 is 1.92. The molecule has 0 radical (unpaired) electrons. The number of aryl methyl sites for hydroxylation is 2. The zero-order valence-corrected chi connectivity index (χ0v) is 7.70. The lowest BCUT2D eigenvalue weighted by Gasteiger charge is -1.96. The van der Waals surface area contributed by atoms with Gasteiger partial charge < -0.3 is 4.40 Å². The summed E-state index contributed by atoms with van der Waals surface area (Å²) in [6.45, 7) is 4.01. The van der Waals surface area contributed by atoms with E-state index in [-0.39, 0.29) is 0 Å². The van der Waals surface area contributed by atoms with Gasteiger partial charge in [0.2, 0.25) is 0 Å². The SMILES string of the molecule is Cc1ccn2c(C#N)c(C)cc2c1. The molecule has 0 fully saturated rings. The summed E-state index contributed by atoms with van der Waals surface area (Å²) in [6.07, 6.45) is 1.94. The van der Waals surface area contributed by atoms with Gasteiger partial charge >= 0.3 is 0 Å². The molecule has 0 atom stereocenters. The Bertz CT molecular complexity index is 501. The molecule has 13 heavy (non-hydrogen) atoms. The van der Waals surface area contributed by atoms with Crippen molar-refractivity contribution in [1.29, 1.82) is 5.26 Å². The van der Waals surface area contributed by atoms with Gasteiger partial charge in [0.1, 0.15) is 11.8 Å². The van der Waals surface area contributed by atoms with Crippen molar-refractivity contribution in [1.82, 2.24) is 4.40 Å².